The molecule has 0 aliphatic carbocycles. The Morgan fingerprint density at radius 3 is 2.65 bits per heavy atom. The number of nitrogens with zero attached hydrogens (tertiary/aromatic N) is 3. The monoisotopic (exact) mass is 263 g/mol. The van der Waals surface area contributed by atoms with Crippen molar-refractivity contribution in [1.29, 1.82) is 0 Å². The van der Waals surface area contributed by atoms with Crippen molar-refractivity contribution in [2.45, 2.75) is 6.92 Å². The van der Waals surface area contributed by atoms with Gasteiger partial charge in [0.25, 0.3) is 5.88 Å². The Kier molecular flexibility index (Phi) is 3.37. The van der Waals surface area contributed by atoms with E-state index >= 15 is 0 Å². The highest BCUT2D eigenvalue weighted by Gasteiger charge is 2.03. The number of aryl methyl sites for hydroxylation is 1. The lowest BCUT2D eigenvalue weighted by Crippen LogP contribution is -1.92. The highest BCUT2D eigenvalue weighted by Crippen LogP contribution is 2.20. The van der Waals surface area contributed by atoms with Crippen molar-refractivity contribution < 1.29 is 4.84 Å². The molecule has 20 heavy (non-hydrogen) atoms. The van der Waals surface area contributed by atoms with Crippen LogP contribution in [0.4, 0.5) is 0 Å². The highest BCUT2D eigenvalue weighted by molar-refractivity contribution is 5.83. The van der Waals surface area contributed by atoms with Gasteiger partial charge in [-0.3, -0.25) is 0 Å². The van der Waals surface area contributed by atoms with Crippen LogP contribution in [0, 0.1) is 6.92 Å². The van der Waals surface area contributed by atoms with Gasteiger partial charge in [-0.25, -0.2) is 4.98 Å². The van der Waals surface area contributed by atoms with Gasteiger partial charge in [0, 0.05) is 0 Å². The van der Waals surface area contributed by atoms with Crippen LogP contribution in [0.15, 0.2) is 60.0 Å². The highest BCUT2D eigenvalue weighted by atomic mass is 16.6. The summed E-state index contributed by atoms with van der Waals surface area (Å²) < 4.78 is 0. The van der Waals surface area contributed by atoms with E-state index in [1.165, 1.54) is 11.9 Å². The first-order chi connectivity index (χ1) is 9.83. The molecule has 0 amide bonds. The van der Waals surface area contributed by atoms with Crippen LogP contribution in [0.5, 0.6) is 5.88 Å². The molecule has 0 radical (unpaired) electrons. The smallest absolute Gasteiger partial charge is 0.259 e. The molecule has 0 unspecified atom stereocenters. The van der Waals surface area contributed by atoms with Crippen LogP contribution in [0.25, 0.3) is 10.9 Å². The second kappa shape index (κ2) is 5.48. The third-order valence-electron chi connectivity index (χ3n) is 2.92. The Balaban J connectivity index is 1.81. The number of benzene rings is 2. The van der Waals surface area contributed by atoms with Gasteiger partial charge >= 0.3 is 0 Å². The predicted molar refractivity (Wildman–Crippen MR) is 78.9 cm³/mol. The summed E-state index contributed by atoms with van der Waals surface area (Å²) in [5.74, 6) is 0.457. The van der Waals surface area contributed by atoms with Crippen molar-refractivity contribution in [3.05, 3.63) is 66.0 Å². The molecule has 0 aliphatic rings. The fraction of sp³-hybridized carbons (Fsp3) is 0.0625. The molecule has 0 saturated carbocycles. The summed E-state index contributed by atoms with van der Waals surface area (Å²) in [5.41, 5.74) is 3.03. The van der Waals surface area contributed by atoms with Crippen molar-refractivity contribution in [2.24, 2.45) is 5.16 Å². The summed E-state index contributed by atoms with van der Waals surface area (Å²) in [6, 6.07) is 15.7. The number of fused-ring (bicyclic) bond motifs is 1. The second-order valence-corrected chi connectivity index (χ2v) is 4.43. The predicted octanol–water partition coefficient (Wildman–Crippen LogP) is 3.35. The zero-order valence-corrected chi connectivity index (χ0v) is 11.0. The quantitative estimate of drug-likeness (QED) is 0.537. The minimum absolute atomic E-state index is 0.457. The van der Waals surface area contributed by atoms with Gasteiger partial charge < -0.3 is 4.84 Å². The summed E-state index contributed by atoms with van der Waals surface area (Å²) in [6.45, 7) is 2.05. The zero-order valence-electron chi connectivity index (χ0n) is 11.0. The maximum atomic E-state index is 5.37. The van der Waals surface area contributed by atoms with E-state index in [2.05, 4.69) is 15.1 Å². The van der Waals surface area contributed by atoms with Crippen LogP contribution < -0.4 is 4.84 Å². The fourth-order valence-electron chi connectivity index (χ4n) is 1.84. The largest absolute Gasteiger partial charge is 0.336 e. The summed E-state index contributed by atoms with van der Waals surface area (Å²) in [6.07, 6.45) is 3.13. The number of rotatable bonds is 3. The van der Waals surface area contributed by atoms with Gasteiger partial charge in [0.05, 0.1) is 17.1 Å². The maximum Gasteiger partial charge on any atom is 0.259 e. The second-order valence-electron chi connectivity index (χ2n) is 4.43. The van der Waals surface area contributed by atoms with Gasteiger partial charge in [-0.05, 0) is 24.6 Å². The zero-order chi connectivity index (χ0) is 13.8. The number of aromatic nitrogens is 2. The van der Waals surface area contributed by atoms with Gasteiger partial charge in [0.15, 0.2) is 0 Å². The third kappa shape index (κ3) is 2.64. The SMILES string of the molecule is Cc1ccc(/C=N/Oc2ncnc3ccccc23)cc1. The molecule has 0 saturated heterocycles. The molecule has 1 aromatic heterocycles. The van der Waals surface area contributed by atoms with E-state index in [1.54, 1.807) is 6.21 Å². The molecule has 2 aromatic carbocycles. The fourth-order valence-corrected chi connectivity index (χ4v) is 1.84. The Morgan fingerprint density at radius 1 is 1.00 bits per heavy atom. The molecule has 0 bridgehead atoms. The van der Waals surface area contributed by atoms with Crippen LogP contribution in [0.2, 0.25) is 0 Å². The lowest BCUT2D eigenvalue weighted by atomic mass is 10.2. The molecule has 1 heterocycles. The van der Waals surface area contributed by atoms with E-state index in [1.807, 2.05) is 55.5 Å². The Labute approximate surface area is 116 Å². The lowest BCUT2D eigenvalue weighted by molar-refractivity contribution is 0.334. The van der Waals surface area contributed by atoms with Crippen LogP contribution >= 0.6 is 0 Å². The topological polar surface area (TPSA) is 47.4 Å². The lowest BCUT2D eigenvalue weighted by Gasteiger charge is -2.01. The van der Waals surface area contributed by atoms with E-state index in [0.29, 0.717) is 5.88 Å². The Hall–Kier alpha value is -2.75. The van der Waals surface area contributed by atoms with Crippen molar-refractivity contribution in [3.63, 3.8) is 0 Å². The van der Waals surface area contributed by atoms with E-state index in [-0.39, 0.29) is 0 Å². The van der Waals surface area contributed by atoms with Gasteiger partial charge in [-0.2, -0.15) is 4.98 Å². The third-order valence-corrected chi connectivity index (χ3v) is 2.92. The normalized spacial score (nSPS) is 11.1. The summed E-state index contributed by atoms with van der Waals surface area (Å²) in [4.78, 5) is 13.7. The Bertz CT molecular complexity index is 746. The first kappa shape index (κ1) is 12.3. The average molecular weight is 263 g/mol. The van der Waals surface area contributed by atoms with Crippen molar-refractivity contribution >= 4 is 17.1 Å². The standard InChI is InChI=1S/C16H13N3O/c1-12-6-8-13(9-7-12)10-19-20-16-14-4-2-3-5-15(14)17-11-18-16/h2-11H,1H3/b19-10+. The summed E-state index contributed by atoms with van der Waals surface area (Å²) in [5, 5.41) is 4.82. The van der Waals surface area contributed by atoms with Crippen molar-refractivity contribution in [3.8, 4) is 5.88 Å². The molecule has 3 rings (SSSR count). The molecule has 0 fully saturated rings. The van der Waals surface area contributed by atoms with E-state index < -0.39 is 0 Å². The summed E-state index contributed by atoms with van der Waals surface area (Å²) >= 11 is 0. The molecule has 98 valence electrons. The average Bonchev–Trinajstić information content (AvgIpc) is 2.49. The number of hydrogen-bond acceptors (Lipinski definition) is 4. The maximum absolute atomic E-state index is 5.37. The molecule has 4 heteroatoms. The van der Waals surface area contributed by atoms with Crippen LogP contribution in [-0.4, -0.2) is 16.2 Å². The van der Waals surface area contributed by atoms with Gasteiger partial charge in [0.2, 0.25) is 0 Å². The van der Waals surface area contributed by atoms with Gasteiger partial charge in [-0.1, -0.05) is 47.1 Å². The minimum Gasteiger partial charge on any atom is -0.336 e. The van der Waals surface area contributed by atoms with Gasteiger partial charge in [0.1, 0.15) is 6.33 Å². The molecule has 0 spiro atoms. The minimum atomic E-state index is 0.457. The molecule has 0 aliphatic heterocycles. The first-order valence-electron chi connectivity index (χ1n) is 6.30. The number of para-hydroxylation sites is 1. The number of hydrogen-bond donors (Lipinski definition) is 0. The van der Waals surface area contributed by atoms with E-state index in [4.69, 9.17) is 4.84 Å². The molecule has 0 N–H and O–H groups in total. The van der Waals surface area contributed by atoms with Crippen molar-refractivity contribution in [2.75, 3.05) is 0 Å². The summed E-state index contributed by atoms with van der Waals surface area (Å²) in [7, 11) is 0. The van der Waals surface area contributed by atoms with E-state index in [9.17, 15) is 0 Å². The van der Waals surface area contributed by atoms with Crippen LogP contribution in [-0.2, 0) is 0 Å². The van der Waals surface area contributed by atoms with Crippen LogP contribution in [0.3, 0.4) is 0 Å². The molecular weight excluding hydrogens is 250 g/mol. The van der Waals surface area contributed by atoms with Crippen molar-refractivity contribution in [1.82, 2.24) is 9.97 Å². The molecule has 3 aromatic rings. The van der Waals surface area contributed by atoms with Crippen LogP contribution in [0.1, 0.15) is 11.1 Å². The first-order valence-corrected chi connectivity index (χ1v) is 6.30. The Morgan fingerprint density at radius 2 is 1.80 bits per heavy atom. The molecule has 0 atom stereocenters. The van der Waals surface area contributed by atoms with Gasteiger partial charge in [-0.15, -0.1) is 0 Å². The molecule has 4 nitrogen and oxygen atoms in total. The van der Waals surface area contributed by atoms with E-state index in [0.717, 1.165) is 16.5 Å². The number of oxime groups is 1. The molecular formula is C16H13N3O.